The van der Waals surface area contributed by atoms with Gasteiger partial charge >= 0.3 is 6.03 Å². The maximum absolute atomic E-state index is 13.6. The molecule has 0 unspecified atom stereocenters. The van der Waals surface area contributed by atoms with Crippen LogP contribution in [0, 0.1) is 6.92 Å². The predicted molar refractivity (Wildman–Crippen MR) is 137 cm³/mol. The van der Waals surface area contributed by atoms with Gasteiger partial charge in [0.15, 0.2) is 0 Å². The van der Waals surface area contributed by atoms with Crippen LogP contribution in [0.1, 0.15) is 48.6 Å². The monoisotopic (exact) mass is 429 g/mol. The Balaban J connectivity index is 1.90. The number of hydrogen-bond donors (Lipinski definition) is 2. The Morgan fingerprint density at radius 2 is 1.50 bits per heavy atom. The molecule has 0 atom stereocenters. The number of nitrogens with zero attached hydrogens (tertiary/aromatic N) is 1. The van der Waals surface area contributed by atoms with Crippen molar-refractivity contribution in [3.8, 4) is 0 Å². The summed E-state index contributed by atoms with van der Waals surface area (Å²) < 4.78 is 0. The first-order chi connectivity index (χ1) is 15.5. The third kappa shape index (κ3) is 5.50. The molecule has 3 rings (SSSR count). The van der Waals surface area contributed by atoms with E-state index in [0.29, 0.717) is 6.54 Å². The van der Waals surface area contributed by atoms with Gasteiger partial charge in [-0.2, -0.15) is 0 Å². The van der Waals surface area contributed by atoms with Crippen molar-refractivity contribution in [2.24, 2.45) is 0 Å². The van der Waals surface area contributed by atoms with E-state index in [9.17, 15) is 4.79 Å². The number of carbonyl (C=O) groups excluding carboxylic acids is 1. The Labute approximate surface area is 192 Å². The molecular formula is C28H35N3O. The zero-order chi connectivity index (χ0) is 23.1. The minimum absolute atomic E-state index is 0.128. The molecule has 0 saturated heterocycles. The molecule has 0 fully saturated rings. The van der Waals surface area contributed by atoms with Crippen molar-refractivity contribution in [1.82, 2.24) is 0 Å². The van der Waals surface area contributed by atoms with Gasteiger partial charge in [0.1, 0.15) is 0 Å². The Morgan fingerprint density at radius 1 is 0.844 bits per heavy atom. The first kappa shape index (κ1) is 23.4. The number of amides is 2. The molecule has 3 aromatic carbocycles. The SMILES string of the molecule is CCc1ccc(N(CCc2ccc(C)cc2)C(=O)Nc2c(CC)ccc(N)c2CC)cc1. The number of aryl methyl sites for hydroxylation is 3. The summed E-state index contributed by atoms with van der Waals surface area (Å²) in [6.45, 7) is 8.97. The highest BCUT2D eigenvalue weighted by molar-refractivity contribution is 6.03. The van der Waals surface area contributed by atoms with Crippen LogP contribution in [0.15, 0.2) is 60.7 Å². The molecular weight excluding hydrogens is 394 g/mol. The largest absolute Gasteiger partial charge is 0.398 e. The molecule has 0 saturated carbocycles. The quantitative estimate of drug-likeness (QED) is 0.399. The zero-order valence-corrected chi connectivity index (χ0v) is 19.7. The van der Waals surface area contributed by atoms with E-state index in [-0.39, 0.29) is 6.03 Å². The molecule has 0 aromatic heterocycles. The van der Waals surface area contributed by atoms with Gasteiger partial charge in [0.05, 0.1) is 5.69 Å². The second-order valence-electron chi connectivity index (χ2n) is 8.21. The average molecular weight is 430 g/mol. The van der Waals surface area contributed by atoms with Gasteiger partial charge in [-0.25, -0.2) is 4.79 Å². The topological polar surface area (TPSA) is 58.4 Å². The van der Waals surface area contributed by atoms with Crippen molar-refractivity contribution in [1.29, 1.82) is 0 Å². The van der Waals surface area contributed by atoms with Crippen molar-refractivity contribution in [2.75, 3.05) is 22.5 Å². The van der Waals surface area contributed by atoms with E-state index in [1.54, 1.807) is 0 Å². The fourth-order valence-electron chi connectivity index (χ4n) is 3.97. The van der Waals surface area contributed by atoms with Gasteiger partial charge in [0, 0.05) is 17.9 Å². The van der Waals surface area contributed by atoms with Crippen molar-refractivity contribution >= 4 is 23.1 Å². The molecule has 0 spiro atoms. The molecule has 4 nitrogen and oxygen atoms in total. The molecule has 0 aliphatic heterocycles. The third-order valence-electron chi connectivity index (χ3n) is 6.05. The van der Waals surface area contributed by atoms with Crippen LogP contribution in [-0.2, 0) is 25.7 Å². The maximum atomic E-state index is 13.6. The minimum Gasteiger partial charge on any atom is -0.398 e. The van der Waals surface area contributed by atoms with Crippen LogP contribution >= 0.6 is 0 Å². The summed E-state index contributed by atoms with van der Waals surface area (Å²) in [6, 6.07) is 20.6. The van der Waals surface area contributed by atoms with Gasteiger partial charge in [0.25, 0.3) is 0 Å². The fraction of sp³-hybridized carbons (Fsp3) is 0.321. The summed E-state index contributed by atoms with van der Waals surface area (Å²) in [5, 5.41) is 3.20. The third-order valence-corrected chi connectivity index (χ3v) is 6.05. The summed E-state index contributed by atoms with van der Waals surface area (Å²) in [7, 11) is 0. The van der Waals surface area contributed by atoms with Gasteiger partial charge in [-0.05, 0) is 73.1 Å². The molecule has 2 amide bonds. The maximum Gasteiger partial charge on any atom is 0.326 e. The van der Waals surface area contributed by atoms with E-state index < -0.39 is 0 Å². The number of nitrogens with two attached hydrogens (primary N) is 1. The average Bonchev–Trinajstić information content (AvgIpc) is 2.81. The Kier molecular flexibility index (Phi) is 7.93. The lowest BCUT2D eigenvalue weighted by Crippen LogP contribution is -2.37. The van der Waals surface area contributed by atoms with E-state index in [4.69, 9.17) is 5.73 Å². The molecule has 0 heterocycles. The Bertz CT molecular complexity index is 1040. The lowest BCUT2D eigenvalue weighted by atomic mass is 10.0. The number of benzene rings is 3. The number of hydrogen-bond acceptors (Lipinski definition) is 2. The smallest absolute Gasteiger partial charge is 0.326 e. The number of carbonyl (C=O) groups is 1. The first-order valence-electron chi connectivity index (χ1n) is 11.6. The Morgan fingerprint density at radius 3 is 2.09 bits per heavy atom. The molecule has 3 aromatic rings. The van der Waals surface area contributed by atoms with Crippen LogP contribution in [0.5, 0.6) is 0 Å². The number of anilines is 3. The number of urea groups is 1. The highest BCUT2D eigenvalue weighted by Crippen LogP contribution is 2.29. The fourth-order valence-corrected chi connectivity index (χ4v) is 3.97. The molecule has 0 bridgehead atoms. The standard InChI is InChI=1S/C28H35N3O/c1-5-21-12-15-24(16-13-21)31(19-18-22-10-8-20(4)9-11-22)28(32)30-27-23(6-2)14-17-26(29)25(27)7-3/h8-17H,5-7,18-19,29H2,1-4H3,(H,30,32). The summed E-state index contributed by atoms with van der Waals surface area (Å²) >= 11 is 0. The van der Waals surface area contributed by atoms with Crippen LogP contribution in [0.3, 0.4) is 0 Å². The lowest BCUT2D eigenvalue weighted by Gasteiger charge is -2.25. The van der Waals surface area contributed by atoms with Crippen LogP contribution in [0.4, 0.5) is 21.9 Å². The molecule has 3 N–H and O–H groups in total. The predicted octanol–water partition coefficient (Wildman–Crippen LogP) is 6.55. The van der Waals surface area contributed by atoms with Gasteiger partial charge in [-0.1, -0.05) is 68.8 Å². The van der Waals surface area contributed by atoms with E-state index in [0.717, 1.165) is 53.9 Å². The van der Waals surface area contributed by atoms with Crippen LogP contribution in [0.2, 0.25) is 0 Å². The van der Waals surface area contributed by atoms with Crippen LogP contribution in [-0.4, -0.2) is 12.6 Å². The second-order valence-corrected chi connectivity index (χ2v) is 8.21. The summed E-state index contributed by atoms with van der Waals surface area (Å²) in [4.78, 5) is 15.4. The van der Waals surface area contributed by atoms with Gasteiger partial charge in [0.2, 0.25) is 0 Å². The zero-order valence-electron chi connectivity index (χ0n) is 19.7. The van der Waals surface area contributed by atoms with Crippen LogP contribution < -0.4 is 16.0 Å². The van der Waals surface area contributed by atoms with Gasteiger partial charge in [-0.15, -0.1) is 0 Å². The van der Waals surface area contributed by atoms with Crippen molar-refractivity contribution in [2.45, 2.75) is 53.4 Å². The summed E-state index contributed by atoms with van der Waals surface area (Å²) in [5.74, 6) is 0. The van der Waals surface area contributed by atoms with E-state index in [1.165, 1.54) is 16.7 Å². The minimum atomic E-state index is -0.128. The highest BCUT2D eigenvalue weighted by atomic mass is 16.2. The second kappa shape index (κ2) is 10.9. The number of nitrogens with one attached hydrogen (secondary N) is 1. The summed E-state index contributed by atoms with van der Waals surface area (Å²) in [5.41, 5.74) is 14.5. The van der Waals surface area contributed by atoms with Crippen molar-refractivity contribution in [3.05, 3.63) is 88.5 Å². The van der Waals surface area contributed by atoms with Crippen molar-refractivity contribution in [3.63, 3.8) is 0 Å². The van der Waals surface area contributed by atoms with Gasteiger partial charge in [-0.3, -0.25) is 4.90 Å². The molecule has 4 heteroatoms. The molecule has 0 aliphatic carbocycles. The van der Waals surface area contributed by atoms with Crippen LogP contribution in [0.25, 0.3) is 0 Å². The molecule has 168 valence electrons. The number of rotatable bonds is 8. The molecule has 32 heavy (non-hydrogen) atoms. The van der Waals surface area contributed by atoms with E-state index in [2.05, 4.69) is 69.4 Å². The van der Waals surface area contributed by atoms with Gasteiger partial charge < -0.3 is 11.1 Å². The first-order valence-corrected chi connectivity index (χ1v) is 11.6. The summed E-state index contributed by atoms with van der Waals surface area (Å²) in [6.07, 6.45) is 3.35. The van der Waals surface area contributed by atoms with Crippen molar-refractivity contribution < 1.29 is 4.79 Å². The highest BCUT2D eigenvalue weighted by Gasteiger charge is 2.19. The normalized spacial score (nSPS) is 10.8. The number of nitrogen functional groups attached to an aromatic ring is 1. The molecule has 0 radical (unpaired) electrons. The lowest BCUT2D eigenvalue weighted by molar-refractivity contribution is 0.257. The Hall–Kier alpha value is -3.27. The van der Waals surface area contributed by atoms with E-state index >= 15 is 0 Å². The van der Waals surface area contributed by atoms with E-state index in [1.807, 2.05) is 29.2 Å². The molecule has 0 aliphatic rings.